The summed E-state index contributed by atoms with van der Waals surface area (Å²) < 4.78 is 0. The van der Waals surface area contributed by atoms with E-state index in [4.69, 9.17) is 0 Å². The van der Waals surface area contributed by atoms with Crippen LogP contribution in [0.3, 0.4) is 0 Å². The molecule has 58 valence electrons. The molecule has 0 aromatic carbocycles. The first-order chi connectivity index (χ1) is 5.38. The minimum Gasteiger partial charge on any atom is -0.298 e. The Bertz CT molecular complexity index is 231. The molecule has 0 unspecified atom stereocenters. The van der Waals surface area contributed by atoms with Crippen LogP contribution in [0.4, 0.5) is 0 Å². The molecule has 1 aliphatic carbocycles. The van der Waals surface area contributed by atoms with Gasteiger partial charge in [-0.3, -0.25) is 4.79 Å². The molecule has 0 aromatic heterocycles. The number of carbonyl (C=O) groups excluding carboxylic acids is 1. The zero-order chi connectivity index (χ0) is 8.10. The van der Waals surface area contributed by atoms with Crippen molar-refractivity contribution in [3.63, 3.8) is 0 Å². The fourth-order valence-corrected chi connectivity index (χ4v) is 1.17. The highest BCUT2D eigenvalue weighted by molar-refractivity contribution is 5.80. The number of carbonyl (C=O) groups is 1. The highest BCUT2D eigenvalue weighted by atomic mass is 16.1. The molecule has 0 aromatic rings. The van der Waals surface area contributed by atoms with Crippen LogP contribution in [0.5, 0.6) is 0 Å². The quantitative estimate of drug-likeness (QED) is 0.434. The third-order valence-electron chi connectivity index (χ3n) is 1.82. The van der Waals surface area contributed by atoms with Gasteiger partial charge in [-0.25, -0.2) is 0 Å². The van der Waals surface area contributed by atoms with Gasteiger partial charge in [-0.05, 0) is 25.3 Å². The lowest BCUT2D eigenvalue weighted by molar-refractivity contribution is -0.104. The molecular weight excluding hydrogens is 136 g/mol. The van der Waals surface area contributed by atoms with Gasteiger partial charge in [0.05, 0.1) is 0 Å². The van der Waals surface area contributed by atoms with E-state index < -0.39 is 0 Å². The maximum absolute atomic E-state index is 10.5. The van der Waals surface area contributed by atoms with Crippen molar-refractivity contribution in [2.45, 2.75) is 19.8 Å². The summed E-state index contributed by atoms with van der Waals surface area (Å²) in [5.74, 6) is 0. The van der Waals surface area contributed by atoms with Gasteiger partial charge in [0, 0.05) is 5.57 Å². The maximum atomic E-state index is 10.5. The third-order valence-corrected chi connectivity index (χ3v) is 1.82. The normalized spacial score (nSPS) is 17.9. The summed E-state index contributed by atoms with van der Waals surface area (Å²) in [6.07, 6.45) is 11.0. The van der Waals surface area contributed by atoms with Crippen molar-refractivity contribution in [3.8, 4) is 0 Å². The summed E-state index contributed by atoms with van der Waals surface area (Å²) in [5.41, 5.74) is 1.99. The van der Waals surface area contributed by atoms with Crippen molar-refractivity contribution in [3.05, 3.63) is 35.5 Å². The number of allylic oxidation sites excluding steroid dienone is 6. The summed E-state index contributed by atoms with van der Waals surface area (Å²) in [4.78, 5) is 10.5. The molecule has 0 heterocycles. The van der Waals surface area contributed by atoms with Gasteiger partial charge in [0.15, 0.2) is 0 Å². The minimum absolute atomic E-state index is 0.828. The van der Waals surface area contributed by atoms with Gasteiger partial charge in [-0.2, -0.15) is 0 Å². The lowest BCUT2D eigenvalue weighted by atomic mass is 9.98. The summed E-state index contributed by atoms with van der Waals surface area (Å²) in [6.45, 7) is 1.89. The fraction of sp³-hybridized carbons (Fsp3) is 0.300. The molecule has 0 fully saturated rings. The van der Waals surface area contributed by atoms with Gasteiger partial charge >= 0.3 is 0 Å². The lowest BCUT2D eigenvalue weighted by Gasteiger charge is -2.06. The molecule has 1 aliphatic rings. The monoisotopic (exact) mass is 148 g/mol. The highest BCUT2D eigenvalue weighted by Gasteiger charge is 2.03. The Morgan fingerprint density at radius 2 is 2.45 bits per heavy atom. The summed E-state index contributed by atoms with van der Waals surface area (Å²) >= 11 is 0. The first-order valence-electron chi connectivity index (χ1n) is 3.86. The molecular formula is C10H12O. The maximum Gasteiger partial charge on any atom is 0.149 e. The molecule has 0 radical (unpaired) electrons. The standard InChI is InChI=1S/C10H12O/c1-2-9(8-11)10-6-4-3-5-7-10/h2-4,6,8H,5,7H2,1H3/b9-2-. The second kappa shape index (κ2) is 3.91. The molecule has 1 nitrogen and oxygen atoms in total. The number of hydrogen-bond donors (Lipinski definition) is 0. The number of hydrogen-bond acceptors (Lipinski definition) is 1. The Balaban J connectivity index is 2.80. The lowest BCUT2D eigenvalue weighted by Crippen LogP contribution is -1.93. The Kier molecular flexibility index (Phi) is 2.84. The average Bonchev–Trinajstić information content (AvgIpc) is 2.09. The van der Waals surface area contributed by atoms with Gasteiger partial charge in [0.2, 0.25) is 0 Å². The SMILES string of the molecule is C/C=C(/C=O)C1=CC=CCC1. The first kappa shape index (κ1) is 7.99. The van der Waals surface area contributed by atoms with Crippen molar-refractivity contribution in [2.75, 3.05) is 0 Å². The van der Waals surface area contributed by atoms with Crippen molar-refractivity contribution in [1.82, 2.24) is 0 Å². The second-order valence-electron chi connectivity index (χ2n) is 2.52. The van der Waals surface area contributed by atoms with Crippen molar-refractivity contribution in [2.24, 2.45) is 0 Å². The van der Waals surface area contributed by atoms with Crippen LogP contribution in [0.1, 0.15) is 19.8 Å². The molecule has 0 spiro atoms. The molecule has 11 heavy (non-hydrogen) atoms. The summed E-state index contributed by atoms with van der Waals surface area (Å²) in [5, 5.41) is 0. The zero-order valence-corrected chi connectivity index (χ0v) is 6.71. The van der Waals surface area contributed by atoms with E-state index in [1.807, 2.05) is 25.2 Å². The topological polar surface area (TPSA) is 17.1 Å². The molecule has 0 atom stereocenters. The van der Waals surface area contributed by atoms with E-state index in [2.05, 4.69) is 6.08 Å². The molecule has 0 amide bonds. The van der Waals surface area contributed by atoms with Crippen molar-refractivity contribution in [1.29, 1.82) is 0 Å². The predicted octanol–water partition coefficient (Wildman–Crippen LogP) is 2.41. The van der Waals surface area contributed by atoms with E-state index in [0.29, 0.717) is 0 Å². The first-order valence-corrected chi connectivity index (χ1v) is 3.86. The van der Waals surface area contributed by atoms with E-state index in [9.17, 15) is 4.79 Å². The fourth-order valence-electron chi connectivity index (χ4n) is 1.17. The van der Waals surface area contributed by atoms with Gasteiger partial charge in [-0.1, -0.05) is 24.3 Å². The molecule has 1 heteroatoms. The predicted molar refractivity (Wildman–Crippen MR) is 46.3 cm³/mol. The van der Waals surface area contributed by atoms with Gasteiger partial charge in [0.1, 0.15) is 6.29 Å². The van der Waals surface area contributed by atoms with Gasteiger partial charge in [0.25, 0.3) is 0 Å². The average molecular weight is 148 g/mol. The van der Waals surface area contributed by atoms with Crippen LogP contribution in [0.15, 0.2) is 35.5 Å². The molecule has 0 bridgehead atoms. The van der Waals surface area contributed by atoms with Gasteiger partial charge in [-0.15, -0.1) is 0 Å². The third kappa shape index (κ3) is 1.90. The molecule has 0 saturated heterocycles. The smallest absolute Gasteiger partial charge is 0.149 e. The van der Waals surface area contributed by atoms with E-state index in [1.54, 1.807) is 0 Å². The number of aldehydes is 1. The van der Waals surface area contributed by atoms with Crippen LogP contribution in [0.2, 0.25) is 0 Å². The van der Waals surface area contributed by atoms with Crippen LogP contribution in [-0.4, -0.2) is 6.29 Å². The highest BCUT2D eigenvalue weighted by Crippen LogP contribution is 2.18. The Labute approximate surface area is 67.1 Å². The van der Waals surface area contributed by atoms with Gasteiger partial charge < -0.3 is 0 Å². The second-order valence-corrected chi connectivity index (χ2v) is 2.52. The van der Waals surface area contributed by atoms with Crippen molar-refractivity contribution >= 4 is 6.29 Å². The van der Waals surface area contributed by atoms with Crippen LogP contribution in [0.25, 0.3) is 0 Å². The molecule has 0 saturated carbocycles. The molecule has 0 aliphatic heterocycles. The van der Waals surface area contributed by atoms with Crippen molar-refractivity contribution < 1.29 is 4.79 Å². The van der Waals surface area contributed by atoms with Crippen LogP contribution < -0.4 is 0 Å². The summed E-state index contributed by atoms with van der Waals surface area (Å²) in [7, 11) is 0. The number of rotatable bonds is 2. The molecule has 0 N–H and O–H groups in total. The minimum atomic E-state index is 0.828. The van der Waals surface area contributed by atoms with E-state index in [1.165, 1.54) is 0 Å². The van der Waals surface area contributed by atoms with E-state index >= 15 is 0 Å². The van der Waals surface area contributed by atoms with Crippen LogP contribution in [0, 0.1) is 0 Å². The molecule has 1 rings (SSSR count). The van der Waals surface area contributed by atoms with Crippen LogP contribution >= 0.6 is 0 Å². The Morgan fingerprint density at radius 3 is 2.91 bits per heavy atom. The van der Waals surface area contributed by atoms with E-state index in [0.717, 1.165) is 30.3 Å². The van der Waals surface area contributed by atoms with E-state index in [-0.39, 0.29) is 0 Å². The Hall–Kier alpha value is -1.11. The Morgan fingerprint density at radius 1 is 1.64 bits per heavy atom. The van der Waals surface area contributed by atoms with Crippen LogP contribution in [-0.2, 0) is 4.79 Å². The largest absolute Gasteiger partial charge is 0.298 e. The zero-order valence-electron chi connectivity index (χ0n) is 6.71. The summed E-state index contributed by atoms with van der Waals surface area (Å²) in [6, 6.07) is 0.